The molecular formula is C28H48ClN3O. The summed E-state index contributed by atoms with van der Waals surface area (Å²) in [6, 6.07) is 7.20. The Labute approximate surface area is 209 Å². The average molecular weight is 478 g/mol. The lowest BCUT2D eigenvalue weighted by Gasteiger charge is -2.46. The molecule has 4 rings (SSSR count). The molecule has 0 spiro atoms. The van der Waals surface area contributed by atoms with E-state index < -0.39 is 0 Å². The van der Waals surface area contributed by atoms with Crippen molar-refractivity contribution in [1.82, 2.24) is 4.90 Å². The largest absolute Gasteiger partial charge is 0.385 e. The normalized spacial score (nSPS) is 24.4. The first kappa shape index (κ1) is 26.8. The van der Waals surface area contributed by atoms with Crippen LogP contribution in [0.2, 0.25) is 0 Å². The van der Waals surface area contributed by atoms with Gasteiger partial charge in [0.1, 0.15) is 0 Å². The fourth-order valence-corrected chi connectivity index (χ4v) is 6.72. The number of ether oxygens (including phenoxy) is 1. The molecular weight excluding hydrogens is 430 g/mol. The number of piperazine rings is 1. The number of hydrogen-bond donors (Lipinski definition) is 1. The summed E-state index contributed by atoms with van der Waals surface area (Å²) < 4.78 is 5.30. The molecule has 2 aliphatic carbocycles. The molecule has 3 aliphatic rings. The predicted molar refractivity (Wildman–Crippen MR) is 143 cm³/mol. The van der Waals surface area contributed by atoms with Crippen molar-refractivity contribution < 1.29 is 4.74 Å². The molecule has 0 radical (unpaired) electrons. The highest BCUT2D eigenvalue weighted by atomic mass is 35.5. The Balaban J connectivity index is 0.00000306. The number of hydrogen-bond acceptors (Lipinski definition) is 4. The number of rotatable bonds is 8. The van der Waals surface area contributed by atoms with Crippen LogP contribution in [0, 0.1) is 16.7 Å². The second kappa shape index (κ2) is 10.8. The summed E-state index contributed by atoms with van der Waals surface area (Å²) in [6.07, 6.45) is 7.62. The van der Waals surface area contributed by atoms with E-state index >= 15 is 0 Å². The number of nitrogens with two attached hydrogens (primary N) is 1. The van der Waals surface area contributed by atoms with Crippen LogP contribution in [0.5, 0.6) is 0 Å². The molecule has 0 amide bonds. The lowest BCUT2D eigenvalue weighted by Crippen LogP contribution is -2.47. The van der Waals surface area contributed by atoms with Crippen LogP contribution in [0.1, 0.15) is 89.3 Å². The van der Waals surface area contributed by atoms with Gasteiger partial charge in [0.05, 0.1) is 0 Å². The van der Waals surface area contributed by atoms with Gasteiger partial charge in [0, 0.05) is 58.2 Å². The molecule has 1 aromatic carbocycles. The maximum absolute atomic E-state index is 6.57. The summed E-state index contributed by atoms with van der Waals surface area (Å²) in [5, 5.41) is 0. The lowest BCUT2D eigenvalue weighted by atomic mass is 9.60. The number of methoxy groups -OCH3 is 1. The van der Waals surface area contributed by atoms with Crippen LogP contribution in [0.3, 0.4) is 0 Å². The average Bonchev–Trinajstić information content (AvgIpc) is 3.54. The molecule has 3 fully saturated rings. The minimum atomic E-state index is 0. The van der Waals surface area contributed by atoms with Gasteiger partial charge in [0.25, 0.3) is 0 Å². The zero-order valence-corrected chi connectivity index (χ0v) is 22.6. The van der Waals surface area contributed by atoms with Gasteiger partial charge in [-0.2, -0.15) is 0 Å². The minimum absolute atomic E-state index is 0. The molecule has 1 atom stereocenters. The molecule has 0 bridgehead atoms. The molecule has 1 aromatic rings. The van der Waals surface area contributed by atoms with Crippen LogP contribution in [-0.2, 0) is 4.74 Å². The molecule has 188 valence electrons. The van der Waals surface area contributed by atoms with Crippen molar-refractivity contribution in [3.05, 3.63) is 29.3 Å². The number of halogens is 1. The van der Waals surface area contributed by atoms with E-state index in [9.17, 15) is 0 Å². The monoisotopic (exact) mass is 477 g/mol. The standard InChI is InChI=1S/C28H47N3O.ClH/c1-27(2)17-23(18-28(3,4)20-27)24-9-8-22(25(29)10-15-32-5)16-26(24)31-13-11-30(12-14-31)19-21-6-7-21;/h8-9,16,21,23,25H,6-7,10-15,17-20,29H2,1-5H3;1H. The van der Waals surface area contributed by atoms with E-state index in [1.54, 1.807) is 12.7 Å². The van der Waals surface area contributed by atoms with Crippen LogP contribution < -0.4 is 10.6 Å². The van der Waals surface area contributed by atoms with Gasteiger partial charge in [-0.05, 0) is 78.4 Å². The summed E-state index contributed by atoms with van der Waals surface area (Å²) in [5.41, 5.74) is 11.6. The Kier molecular flexibility index (Phi) is 8.81. The second-order valence-corrected chi connectivity index (χ2v) is 12.5. The first-order chi connectivity index (χ1) is 15.2. The minimum Gasteiger partial charge on any atom is -0.385 e. The maximum atomic E-state index is 6.57. The van der Waals surface area contributed by atoms with Crippen molar-refractivity contribution in [1.29, 1.82) is 0 Å². The molecule has 33 heavy (non-hydrogen) atoms. The van der Waals surface area contributed by atoms with E-state index in [-0.39, 0.29) is 18.4 Å². The SMILES string of the molecule is COCCC(N)c1ccc(C2CC(C)(C)CC(C)(C)C2)c(N2CCN(CC3CC3)CC2)c1.Cl. The Morgan fingerprint density at radius 2 is 1.67 bits per heavy atom. The first-order valence-electron chi connectivity index (χ1n) is 13.0. The van der Waals surface area contributed by atoms with Crippen molar-refractivity contribution in [2.24, 2.45) is 22.5 Å². The van der Waals surface area contributed by atoms with Gasteiger partial charge < -0.3 is 15.4 Å². The Morgan fingerprint density at radius 1 is 1.03 bits per heavy atom. The highest BCUT2D eigenvalue weighted by Crippen LogP contribution is 2.53. The predicted octanol–water partition coefficient (Wildman–Crippen LogP) is 6.00. The third-order valence-corrected chi connectivity index (χ3v) is 8.04. The smallest absolute Gasteiger partial charge is 0.0480 e. The molecule has 1 aliphatic heterocycles. The zero-order valence-electron chi connectivity index (χ0n) is 21.7. The Bertz CT molecular complexity index is 752. The topological polar surface area (TPSA) is 41.7 Å². The molecule has 4 nitrogen and oxygen atoms in total. The number of nitrogens with zero attached hydrogens (tertiary/aromatic N) is 2. The van der Waals surface area contributed by atoms with E-state index in [0.29, 0.717) is 23.4 Å². The zero-order chi connectivity index (χ0) is 22.9. The van der Waals surface area contributed by atoms with Gasteiger partial charge >= 0.3 is 0 Å². The molecule has 2 N–H and O–H groups in total. The van der Waals surface area contributed by atoms with E-state index in [4.69, 9.17) is 10.5 Å². The van der Waals surface area contributed by atoms with Crippen LogP contribution in [-0.4, -0.2) is 51.3 Å². The first-order valence-corrected chi connectivity index (χ1v) is 13.0. The Hall–Kier alpha value is -0.810. The summed E-state index contributed by atoms with van der Waals surface area (Å²) in [4.78, 5) is 5.36. The van der Waals surface area contributed by atoms with Crippen LogP contribution in [0.15, 0.2) is 18.2 Å². The lowest BCUT2D eigenvalue weighted by molar-refractivity contribution is 0.0969. The van der Waals surface area contributed by atoms with Gasteiger partial charge in [-0.1, -0.05) is 39.8 Å². The molecule has 1 unspecified atom stereocenters. The summed E-state index contributed by atoms with van der Waals surface area (Å²) in [7, 11) is 1.76. The molecule has 0 aromatic heterocycles. The van der Waals surface area contributed by atoms with Gasteiger partial charge in [0.15, 0.2) is 0 Å². The Morgan fingerprint density at radius 3 is 2.24 bits per heavy atom. The van der Waals surface area contributed by atoms with E-state index in [0.717, 1.165) is 25.4 Å². The van der Waals surface area contributed by atoms with Gasteiger partial charge in [-0.15, -0.1) is 12.4 Å². The third kappa shape index (κ3) is 7.10. The van der Waals surface area contributed by atoms with Gasteiger partial charge in [0.2, 0.25) is 0 Å². The molecule has 2 saturated carbocycles. The van der Waals surface area contributed by atoms with Crippen molar-refractivity contribution in [2.75, 3.05) is 51.3 Å². The highest BCUT2D eigenvalue weighted by molar-refractivity contribution is 5.85. The fourth-order valence-electron chi connectivity index (χ4n) is 6.72. The van der Waals surface area contributed by atoms with Crippen LogP contribution in [0.4, 0.5) is 5.69 Å². The van der Waals surface area contributed by atoms with Crippen molar-refractivity contribution in [3.8, 4) is 0 Å². The fraction of sp³-hybridized carbons (Fsp3) is 0.786. The van der Waals surface area contributed by atoms with Crippen LogP contribution in [0.25, 0.3) is 0 Å². The molecule has 5 heteroatoms. The molecule has 1 heterocycles. The van der Waals surface area contributed by atoms with E-state index in [2.05, 4.69) is 55.7 Å². The van der Waals surface area contributed by atoms with Gasteiger partial charge in [-0.25, -0.2) is 0 Å². The second-order valence-electron chi connectivity index (χ2n) is 12.5. The van der Waals surface area contributed by atoms with E-state index in [1.807, 2.05) is 0 Å². The summed E-state index contributed by atoms with van der Waals surface area (Å²) in [6.45, 7) is 16.5. The quantitative estimate of drug-likeness (QED) is 0.498. The van der Waals surface area contributed by atoms with E-state index in [1.165, 1.54) is 63.0 Å². The van der Waals surface area contributed by atoms with Crippen molar-refractivity contribution in [2.45, 2.75) is 78.2 Å². The molecule has 1 saturated heterocycles. The number of benzene rings is 1. The summed E-state index contributed by atoms with van der Waals surface area (Å²) >= 11 is 0. The van der Waals surface area contributed by atoms with Crippen molar-refractivity contribution in [3.63, 3.8) is 0 Å². The summed E-state index contributed by atoms with van der Waals surface area (Å²) in [5.74, 6) is 1.60. The number of anilines is 1. The van der Waals surface area contributed by atoms with Crippen LogP contribution >= 0.6 is 12.4 Å². The maximum Gasteiger partial charge on any atom is 0.0480 e. The van der Waals surface area contributed by atoms with Gasteiger partial charge in [-0.3, -0.25) is 4.90 Å². The third-order valence-electron chi connectivity index (χ3n) is 8.04. The highest BCUT2D eigenvalue weighted by Gasteiger charge is 2.40. The van der Waals surface area contributed by atoms with Crippen molar-refractivity contribution >= 4 is 18.1 Å².